The molecular formula is C14H17Cl3O3Si. The Balaban J connectivity index is 1.70. The van der Waals surface area contributed by atoms with Crippen molar-refractivity contribution in [3.8, 4) is 11.5 Å². The molecule has 7 heteroatoms. The molecule has 0 atom stereocenters. The van der Waals surface area contributed by atoms with E-state index in [2.05, 4.69) is 0 Å². The van der Waals surface area contributed by atoms with Crippen molar-refractivity contribution in [3.63, 3.8) is 0 Å². The van der Waals surface area contributed by atoms with E-state index in [4.69, 9.17) is 47.4 Å². The van der Waals surface area contributed by atoms with E-state index in [9.17, 15) is 0 Å². The Hall–Kier alpha value is -0.133. The summed E-state index contributed by atoms with van der Waals surface area (Å²) in [6.45, 7) is 0.539. The molecule has 1 aromatic rings. The third kappa shape index (κ3) is 3.99. The van der Waals surface area contributed by atoms with Gasteiger partial charge in [0.1, 0.15) is 17.7 Å². The summed E-state index contributed by atoms with van der Waals surface area (Å²) >= 11 is 17.5. The minimum absolute atomic E-state index is 0.141. The zero-order chi connectivity index (χ0) is 14.9. The number of fused-ring (bicyclic) bond motifs is 1. The zero-order valence-electron chi connectivity index (χ0n) is 11.5. The van der Waals surface area contributed by atoms with Crippen molar-refractivity contribution in [2.24, 2.45) is 0 Å². The SMILES string of the molecule is Cl[Si](Cl)(Cl)COc1ccc2c(c1)COC1(CCCCC1)O2. The second kappa shape index (κ2) is 6.17. The van der Waals surface area contributed by atoms with Gasteiger partial charge in [0, 0.05) is 18.4 Å². The minimum atomic E-state index is -2.78. The summed E-state index contributed by atoms with van der Waals surface area (Å²) in [6, 6.07) is 2.90. The predicted molar refractivity (Wildman–Crippen MR) is 86.5 cm³/mol. The van der Waals surface area contributed by atoms with E-state index in [0.29, 0.717) is 12.4 Å². The molecule has 1 heterocycles. The van der Waals surface area contributed by atoms with E-state index >= 15 is 0 Å². The molecule has 0 saturated heterocycles. The number of rotatable bonds is 3. The molecule has 21 heavy (non-hydrogen) atoms. The van der Waals surface area contributed by atoms with Crippen LogP contribution >= 0.6 is 33.2 Å². The summed E-state index contributed by atoms with van der Waals surface area (Å²) in [6.07, 6.45) is 5.64. The normalized spacial score (nSPS) is 20.7. The molecule has 3 rings (SSSR count). The van der Waals surface area contributed by atoms with Crippen LogP contribution in [0.5, 0.6) is 11.5 Å². The first-order valence-electron chi connectivity index (χ1n) is 7.11. The van der Waals surface area contributed by atoms with Gasteiger partial charge in [-0.3, -0.25) is 0 Å². The summed E-state index contributed by atoms with van der Waals surface area (Å²) in [5, 5.41) is 0. The molecule has 0 unspecified atom stereocenters. The summed E-state index contributed by atoms with van der Waals surface area (Å²) < 4.78 is 17.6. The molecule has 1 spiro atoms. The van der Waals surface area contributed by atoms with Crippen LogP contribution in [-0.2, 0) is 11.3 Å². The number of hydrogen-bond donors (Lipinski definition) is 0. The monoisotopic (exact) mass is 366 g/mol. The highest BCUT2D eigenvalue weighted by atomic mass is 35.8. The van der Waals surface area contributed by atoms with Gasteiger partial charge in [-0.15, -0.1) is 33.2 Å². The van der Waals surface area contributed by atoms with Gasteiger partial charge in [-0.25, -0.2) is 0 Å². The Morgan fingerprint density at radius 1 is 1.14 bits per heavy atom. The fourth-order valence-electron chi connectivity index (χ4n) is 2.80. The van der Waals surface area contributed by atoms with Crippen molar-refractivity contribution >= 4 is 39.2 Å². The average Bonchev–Trinajstić information content (AvgIpc) is 2.45. The van der Waals surface area contributed by atoms with Gasteiger partial charge in [0.05, 0.1) is 6.61 Å². The van der Waals surface area contributed by atoms with Gasteiger partial charge in [-0.1, -0.05) is 6.42 Å². The van der Waals surface area contributed by atoms with Gasteiger partial charge in [-0.05, 0) is 31.0 Å². The van der Waals surface area contributed by atoms with Crippen molar-refractivity contribution in [1.82, 2.24) is 0 Å². The van der Waals surface area contributed by atoms with E-state index in [1.54, 1.807) is 0 Å². The predicted octanol–water partition coefficient (Wildman–Crippen LogP) is 4.83. The lowest BCUT2D eigenvalue weighted by Gasteiger charge is -2.41. The molecule has 2 aliphatic rings. The smallest absolute Gasteiger partial charge is 0.377 e. The van der Waals surface area contributed by atoms with Crippen molar-refractivity contribution in [1.29, 1.82) is 0 Å². The first-order valence-corrected chi connectivity index (χ1v) is 12.4. The fraction of sp³-hybridized carbons (Fsp3) is 0.571. The van der Waals surface area contributed by atoms with Crippen molar-refractivity contribution in [3.05, 3.63) is 23.8 Å². The Morgan fingerprint density at radius 3 is 2.62 bits per heavy atom. The highest BCUT2D eigenvalue weighted by Crippen LogP contribution is 2.41. The van der Waals surface area contributed by atoms with Crippen LogP contribution in [0, 0.1) is 0 Å². The lowest BCUT2D eigenvalue weighted by atomic mass is 9.93. The van der Waals surface area contributed by atoms with Crippen molar-refractivity contribution in [2.45, 2.75) is 44.5 Å². The first-order chi connectivity index (χ1) is 9.96. The van der Waals surface area contributed by atoms with Crippen LogP contribution in [0.4, 0.5) is 0 Å². The molecule has 0 amide bonds. The van der Waals surface area contributed by atoms with Gasteiger partial charge in [0.15, 0.2) is 0 Å². The van der Waals surface area contributed by atoms with Crippen LogP contribution < -0.4 is 9.47 Å². The first kappa shape index (κ1) is 15.8. The molecule has 116 valence electrons. The molecule has 0 aromatic heterocycles. The highest BCUT2D eigenvalue weighted by molar-refractivity contribution is 7.64. The second-order valence-corrected chi connectivity index (χ2v) is 14.6. The topological polar surface area (TPSA) is 27.7 Å². The van der Waals surface area contributed by atoms with Crippen LogP contribution in [0.2, 0.25) is 0 Å². The molecule has 0 radical (unpaired) electrons. The maximum Gasteiger partial charge on any atom is 0.377 e. The lowest BCUT2D eigenvalue weighted by molar-refractivity contribution is -0.222. The molecule has 0 N–H and O–H groups in total. The number of hydrogen-bond acceptors (Lipinski definition) is 3. The highest BCUT2D eigenvalue weighted by Gasteiger charge is 2.38. The average molecular weight is 368 g/mol. The number of halogens is 3. The summed E-state index contributed by atoms with van der Waals surface area (Å²) in [4.78, 5) is 0. The van der Waals surface area contributed by atoms with Crippen LogP contribution in [0.25, 0.3) is 0 Å². The number of ether oxygens (including phenoxy) is 3. The molecule has 0 bridgehead atoms. The second-order valence-electron chi connectivity index (χ2n) is 5.54. The summed E-state index contributed by atoms with van der Waals surface area (Å²) in [7, 11) is 0. The number of benzene rings is 1. The van der Waals surface area contributed by atoms with Crippen LogP contribution in [0.3, 0.4) is 0 Å². The van der Waals surface area contributed by atoms with E-state index in [1.165, 1.54) is 6.42 Å². The van der Waals surface area contributed by atoms with Crippen LogP contribution in [0.1, 0.15) is 37.7 Å². The molecule has 1 saturated carbocycles. The quantitative estimate of drug-likeness (QED) is 0.566. The largest absolute Gasteiger partial charge is 0.493 e. The fourth-order valence-corrected chi connectivity index (χ4v) is 3.62. The van der Waals surface area contributed by atoms with E-state index in [0.717, 1.165) is 37.0 Å². The van der Waals surface area contributed by atoms with Gasteiger partial charge < -0.3 is 14.2 Å². The van der Waals surface area contributed by atoms with Gasteiger partial charge in [-0.2, -0.15) is 0 Å². The maximum absolute atomic E-state index is 6.11. The summed E-state index contributed by atoms with van der Waals surface area (Å²) in [5.41, 5.74) is 0.981. The Morgan fingerprint density at radius 2 is 1.90 bits per heavy atom. The minimum Gasteiger partial charge on any atom is -0.493 e. The maximum atomic E-state index is 6.11. The van der Waals surface area contributed by atoms with Gasteiger partial charge in [0.25, 0.3) is 0 Å². The Bertz CT molecular complexity index is 513. The molecule has 1 aliphatic heterocycles. The van der Waals surface area contributed by atoms with Crippen molar-refractivity contribution in [2.75, 3.05) is 6.23 Å². The molecule has 1 aromatic carbocycles. The third-order valence-corrected chi connectivity index (χ3v) is 5.29. The van der Waals surface area contributed by atoms with Crippen molar-refractivity contribution < 1.29 is 14.2 Å². The van der Waals surface area contributed by atoms with Crippen LogP contribution in [0.15, 0.2) is 18.2 Å². The lowest BCUT2D eigenvalue weighted by Crippen LogP contribution is -2.43. The third-order valence-electron chi connectivity index (χ3n) is 3.84. The zero-order valence-corrected chi connectivity index (χ0v) is 14.8. The van der Waals surface area contributed by atoms with E-state index in [-0.39, 0.29) is 6.23 Å². The Kier molecular flexibility index (Phi) is 4.62. The van der Waals surface area contributed by atoms with Gasteiger partial charge in [0.2, 0.25) is 5.79 Å². The van der Waals surface area contributed by atoms with E-state index in [1.807, 2.05) is 18.2 Å². The van der Waals surface area contributed by atoms with Crippen LogP contribution in [-0.4, -0.2) is 18.0 Å². The van der Waals surface area contributed by atoms with Gasteiger partial charge >= 0.3 is 6.00 Å². The molecule has 3 nitrogen and oxygen atoms in total. The Labute approximate surface area is 139 Å². The van der Waals surface area contributed by atoms with E-state index < -0.39 is 11.8 Å². The molecular weight excluding hydrogens is 351 g/mol. The molecule has 1 fully saturated rings. The standard InChI is InChI=1S/C14H17Cl3O3Si/c15-21(16,17)10-18-12-4-5-13-11(8-12)9-19-14(20-13)6-2-1-3-7-14/h4-5,8H,1-3,6-7,9-10H2. The summed E-state index contributed by atoms with van der Waals surface area (Å²) in [5.74, 6) is 1.14. The molecule has 1 aliphatic carbocycles.